The number of rotatable bonds is 12. The van der Waals surface area contributed by atoms with Crippen LogP contribution in [0, 0.1) is 48.3 Å². The number of ether oxygens (including phenoxy) is 14. The van der Waals surface area contributed by atoms with Crippen molar-refractivity contribution in [2.45, 2.75) is 112 Å². The SMILES string of the molecule is COC1=C(C)C(=O)C=C2O[C@@]3(c4ccccc4)Oc4cc(OC)c5c(c4[C@@H]4[C@H]3[C@H]3c6c(cc(O)c(C)c6OC)O[C@@](O)(c6ccccc6)[C@H]3[C@@]214)O[C@@H](c1ccccc1)CC5.COC1=C(C)C(=O)C=C2O[C@]3(c4ccccc4)Oc4cc(OC)c5c(c4[C@H]4[C@@H]3[C@@H]3c6c(cc(O)c(C)c6OC)O[C@](O)(c6ccccc6)[C@@H]3[C@]214)O[C@@H](c1ccccc1)CC5. The first-order chi connectivity index (χ1) is 58.2. The first-order valence-corrected chi connectivity index (χ1v) is 40.8. The molecule has 20 heteroatoms. The van der Waals surface area contributed by atoms with E-state index >= 15 is 0 Å². The zero-order valence-electron chi connectivity index (χ0n) is 67.7. The van der Waals surface area contributed by atoms with Crippen LogP contribution in [0.1, 0.15) is 140 Å². The number of benzene rings is 10. The molecule has 22 rings (SSSR count). The minimum Gasteiger partial charge on any atom is -0.507 e. The van der Waals surface area contributed by atoms with Crippen LogP contribution < -0.4 is 47.4 Å². The molecule has 4 aliphatic carbocycles. The van der Waals surface area contributed by atoms with Gasteiger partial charge in [-0.1, -0.05) is 182 Å². The predicted octanol–water partition coefficient (Wildman–Crippen LogP) is 17.6. The zero-order chi connectivity index (χ0) is 82.6. The fourth-order valence-corrected chi connectivity index (χ4v) is 23.7. The highest BCUT2D eigenvalue weighted by molar-refractivity contribution is 6.07. The van der Waals surface area contributed by atoms with Gasteiger partial charge in [-0.3, -0.25) is 9.59 Å². The Labute approximate surface area is 693 Å². The summed E-state index contributed by atoms with van der Waals surface area (Å²) in [5.74, 6) is -7.94. The molecule has 8 heterocycles. The molecule has 0 radical (unpaired) electrons. The Morgan fingerprint density at radius 1 is 0.383 bits per heavy atom. The third kappa shape index (κ3) is 9.70. The van der Waals surface area contributed by atoms with Gasteiger partial charge >= 0.3 is 0 Å². The second kappa shape index (κ2) is 26.9. The Morgan fingerprint density at radius 2 is 0.717 bits per heavy atom. The third-order valence-corrected chi connectivity index (χ3v) is 28.1. The molecule has 4 fully saturated rings. The van der Waals surface area contributed by atoms with Crippen molar-refractivity contribution < 1.29 is 96.3 Å². The molecule has 8 aliphatic heterocycles. The number of fused-ring (bicyclic) bond motifs is 12. The number of aliphatic hydroxyl groups is 2. The molecule has 2 spiro atoms. The Bertz CT molecular complexity index is 5720. The normalized spacial score (nSPS) is 30.1. The van der Waals surface area contributed by atoms with E-state index < -0.39 is 81.3 Å². The Kier molecular flexibility index (Phi) is 16.7. The molecule has 2 saturated heterocycles. The number of phenols is 2. The van der Waals surface area contributed by atoms with Crippen molar-refractivity contribution in [3.8, 4) is 69.0 Å². The van der Waals surface area contributed by atoms with Gasteiger partial charge in [0.15, 0.2) is 11.6 Å². The summed E-state index contributed by atoms with van der Waals surface area (Å²) in [5, 5.41) is 50.6. The van der Waals surface area contributed by atoms with Crippen molar-refractivity contribution in [1.82, 2.24) is 0 Å². The smallest absolute Gasteiger partial charge is 0.281 e. The van der Waals surface area contributed by atoms with E-state index in [1.807, 2.05) is 170 Å². The van der Waals surface area contributed by atoms with Crippen LogP contribution in [-0.2, 0) is 64.5 Å². The van der Waals surface area contributed by atoms with Crippen LogP contribution in [0.2, 0.25) is 0 Å². The number of ketones is 2. The van der Waals surface area contributed by atoms with E-state index in [-0.39, 0.29) is 58.3 Å². The summed E-state index contributed by atoms with van der Waals surface area (Å²) in [7, 11) is 9.57. The van der Waals surface area contributed by atoms with Gasteiger partial charge in [-0.2, -0.15) is 0 Å². The maximum absolute atomic E-state index is 14.3. The van der Waals surface area contributed by atoms with Crippen molar-refractivity contribution >= 4 is 11.6 Å². The number of carbonyl (C=O) groups excluding carboxylic acids is 2. The first kappa shape index (κ1) is 74.7. The fraction of sp³-hybridized carbons (Fsp3) is 0.300. The lowest BCUT2D eigenvalue weighted by molar-refractivity contribution is -0.254. The van der Waals surface area contributed by atoms with Gasteiger partial charge < -0.3 is 86.7 Å². The maximum atomic E-state index is 14.3. The van der Waals surface area contributed by atoms with Crippen LogP contribution in [-0.4, -0.2) is 74.7 Å². The highest BCUT2D eigenvalue weighted by atomic mass is 16.7. The standard InChI is InChI=1S/2C50H44O10/c2*1-26-32(51)23-36-39(44(26)55-4)41-43-42-40-37(25-35(54-3)31-21-22-34(57-45(31)40)28-15-9-6-10-16-28)59-50(43,30-19-13-8-14-20-30)60-38-24-33(52)27(2)47(56-5)48(38,42)46(41)49(53,58-36)29-17-11-7-12-18-29/h2*6-20,23-25,34,41-43,46,51,53H,21-22H2,1-5H3/t34-,41+,42+,43+,46+,48-,49-,50+;34-,41-,42-,43-,46-,48+,49+,50-/m11/s1. The Balaban J connectivity index is 0.000000148. The largest absolute Gasteiger partial charge is 0.507 e. The fourth-order valence-electron chi connectivity index (χ4n) is 23.7. The summed E-state index contributed by atoms with van der Waals surface area (Å²) < 4.78 is 96.2. The highest BCUT2D eigenvalue weighted by Gasteiger charge is 2.86. The summed E-state index contributed by atoms with van der Waals surface area (Å²) in [5.41, 5.74) is 7.95. The van der Waals surface area contributed by atoms with E-state index in [1.165, 1.54) is 0 Å². The molecule has 4 N–H and O–H groups in total. The number of aromatic hydroxyl groups is 2. The van der Waals surface area contributed by atoms with Crippen molar-refractivity contribution in [2.75, 3.05) is 42.7 Å². The van der Waals surface area contributed by atoms with Crippen molar-refractivity contribution in [3.05, 3.63) is 330 Å². The van der Waals surface area contributed by atoms with Gasteiger partial charge in [-0.15, -0.1) is 0 Å². The van der Waals surface area contributed by atoms with Gasteiger partial charge in [0.25, 0.3) is 11.6 Å². The van der Waals surface area contributed by atoms with E-state index in [2.05, 4.69) is 24.3 Å². The topological polar surface area (TPSA) is 244 Å². The second-order valence-electron chi connectivity index (χ2n) is 33.3. The van der Waals surface area contributed by atoms with Crippen molar-refractivity contribution in [1.29, 1.82) is 0 Å². The van der Waals surface area contributed by atoms with Crippen LogP contribution >= 0.6 is 0 Å². The molecule has 16 atom stereocenters. The molecule has 2 saturated carbocycles. The summed E-state index contributed by atoms with van der Waals surface area (Å²) in [6.45, 7) is 7.12. The molecule has 8 bridgehead atoms. The maximum Gasteiger partial charge on any atom is 0.281 e. The average molecular weight is 1610 g/mol. The molecule has 120 heavy (non-hydrogen) atoms. The van der Waals surface area contributed by atoms with Crippen LogP contribution in [0.15, 0.2) is 253 Å². The first-order valence-electron chi connectivity index (χ1n) is 40.8. The van der Waals surface area contributed by atoms with Crippen molar-refractivity contribution in [2.24, 2.45) is 34.5 Å². The lowest BCUT2D eigenvalue weighted by Crippen LogP contribution is -2.58. The third-order valence-electron chi connectivity index (χ3n) is 28.1. The van der Waals surface area contributed by atoms with E-state index in [4.69, 9.17) is 66.3 Å². The summed E-state index contributed by atoms with van der Waals surface area (Å²) in [6, 6.07) is 65.2. The summed E-state index contributed by atoms with van der Waals surface area (Å²) >= 11 is 0. The minimum atomic E-state index is -2.11. The number of phenolic OH excluding ortho intramolecular Hbond substituents is 2. The van der Waals surface area contributed by atoms with E-state index in [0.29, 0.717) is 139 Å². The number of allylic oxidation sites excluding steroid dienone is 4. The number of carbonyl (C=O) groups is 2. The molecule has 20 nitrogen and oxygen atoms in total. The van der Waals surface area contributed by atoms with Gasteiger partial charge in [0, 0.05) is 138 Å². The molecular formula is C100H88O20. The van der Waals surface area contributed by atoms with E-state index in [1.54, 1.807) is 94.6 Å². The zero-order valence-corrected chi connectivity index (χ0v) is 67.7. The Morgan fingerprint density at radius 3 is 1.05 bits per heavy atom. The van der Waals surface area contributed by atoms with Gasteiger partial charge in [0.2, 0.25) is 11.6 Å². The van der Waals surface area contributed by atoms with Crippen LogP contribution in [0.25, 0.3) is 0 Å². The molecule has 10 aromatic rings. The molecule has 0 aromatic heterocycles. The molecular weight excluding hydrogens is 1520 g/mol. The van der Waals surface area contributed by atoms with Gasteiger partial charge in [-0.05, 0) is 64.5 Å². The van der Waals surface area contributed by atoms with Crippen LogP contribution in [0.5, 0.6) is 69.0 Å². The number of hydrogen-bond acceptors (Lipinski definition) is 20. The minimum absolute atomic E-state index is 0.0481. The number of methoxy groups -OCH3 is 6. The van der Waals surface area contributed by atoms with Gasteiger partial charge in [0.05, 0.1) is 66.3 Å². The monoisotopic (exact) mass is 1610 g/mol. The van der Waals surface area contributed by atoms with Gasteiger partial charge in [-0.25, -0.2) is 0 Å². The van der Waals surface area contributed by atoms with E-state index in [0.717, 1.165) is 33.4 Å². The average Bonchev–Trinajstić information content (AvgIpc) is 1.47. The molecule has 608 valence electrons. The highest BCUT2D eigenvalue weighted by Crippen LogP contribution is 2.87. The molecule has 0 amide bonds. The van der Waals surface area contributed by atoms with Crippen LogP contribution in [0.3, 0.4) is 0 Å². The lowest BCUT2D eigenvalue weighted by Gasteiger charge is -2.57. The summed E-state index contributed by atoms with van der Waals surface area (Å²) in [6.07, 6.45) is 5.25. The predicted molar refractivity (Wildman–Crippen MR) is 438 cm³/mol. The van der Waals surface area contributed by atoms with Gasteiger partial charge in [0.1, 0.15) is 115 Å². The molecule has 0 unspecified atom stereocenters. The summed E-state index contributed by atoms with van der Waals surface area (Å²) in [4.78, 5) is 28.5. The van der Waals surface area contributed by atoms with Crippen LogP contribution in [0.4, 0.5) is 0 Å². The second-order valence-corrected chi connectivity index (χ2v) is 33.3. The molecule has 10 aromatic carbocycles. The van der Waals surface area contributed by atoms with Crippen molar-refractivity contribution in [3.63, 3.8) is 0 Å². The number of hydrogen-bond donors (Lipinski definition) is 4. The molecule has 12 aliphatic rings. The Hall–Kier alpha value is -12.8. The lowest BCUT2D eigenvalue weighted by atomic mass is 9.57. The van der Waals surface area contributed by atoms with E-state index in [9.17, 15) is 30.0 Å². The quantitative estimate of drug-likeness (QED) is 0.0888.